The Bertz CT molecular complexity index is 3790. The first kappa shape index (κ1) is 67.0. The summed E-state index contributed by atoms with van der Waals surface area (Å²) in [7, 11) is 6.63. The van der Waals surface area contributed by atoms with Crippen LogP contribution in [-0.2, 0) is 14.3 Å². The maximum absolute atomic E-state index is 14.5. The van der Waals surface area contributed by atoms with E-state index in [1.807, 2.05) is 6.08 Å². The zero-order valence-electron chi connectivity index (χ0n) is 50.2. The smallest absolute Gasteiger partial charge is 0.410 e. The number of aromatic nitrogens is 4. The normalized spacial score (nSPS) is 12.6. The van der Waals surface area contributed by atoms with E-state index in [4.69, 9.17) is 14.2 Å². The number of hydrogen-bond acceptors (Lipinski definition) is 8. The van der Waals surface area contributed by atoms with Gasteiger partial charge in [0.1, 0.15) is 23.7 Å². The van der Waals surface area contributed by atoms with Crippen LogP contribution in [0, 0.1) is 11.9 Å². The van der Waals surface area contributed by atoms with E-state index >= 15 is 0 Å². The van der Waals surface area contributed by atoms with Gasteiger partial charge in [-0.3, -0.25) is 19.8 Å². The number of amides is 3. The predicted molar refractivity (Wildman–Crippen MR) is 329 cm³/mol. The van der Waals surface area contributed by atoms with Gasteiger partial charge in [0, 0.05) is 40.8 Å². The van der Waals surface area contributed by atoms with Crippen molar-refractivity contribution in [3.8, 4) is 11.5 Å². The van der Waals surface area contributed by atoms with Crippen LogP contribution in [0.1, 0.15) is 86.3 Å². The highest BCUT2D eigenvalue weighted by Crippen LogP contribution is 2.42. The lowest BCUT2D eigenvalue weighted by Crippen LogP contribution is -2.39. The van der Waals surface area contributed by atoms with E-state index in [1.54, 1.807) is 195 Å². The van der Waals surface area contributed by atoms with E-state index < -0.39 is 48.8 Å². The highest BCUT2D eigenvalue weighted by atomic mass is 19.4. The van der Waals surface area contributed by atoms with Crippen LogP contribution in [0.5, 0.6) is 11.5 Å². The van der Waals surface area contributed by atoms with E-state index in [2.05, 4.69) is 20.4 Å². The molecule has 0 unspecified atom stereocenters. The number of benzene rings is 6. The maximum Gasteiger partial charge on any atom is 0.410 e. The summed E-state index contributed by atoms with van der Waals surface area (Å²) in [5.74, 6) is -0.637. The van der Waals surface area contributed by atoms with Crippen molar-refractivity contribution >= 4 is 62.0 Å². The number of carbonyl (C=O) groups is 3. The zero-order chi connectivity index (χ0) is 64.5. The Hall–Kier alpha value is -9.53. The minimum atomic E-state index is -4.53. The van der Waals surface area contributed by atoms with E-state index in [-0.39, 0.29) is 59.0 Å². The number of halogens is 8. The number of fused-ring (bicyclic) bond motifs is 2. The van der Waals surface area contributed by atoms with Gasteiger partial charge >= 0.3 is 18.4 Å². The average Bonchev–Trinajstić information content (AvgIpc) is 1.89. The maximum atomic E-state index is 14.5. The van der Waals surface area contributed by atoms with Crippen molar-refractivity contribution in [2.75, 3.05) is 54.5 Å². The second kappa shape index (κ2) is 30.4. The minimum Gasteiger partial charge on any atom is -0.494 e. The third-order valence-electron chi connectivity index (χ3n) is 13.5. The number of aromatic amines is 2. The number of nitrogens with one attached hydrogen (secondary N) is 2. The summed E-state index contributed by atoms with van der Waals surface area (Å²) < 4.78 is 130. The number of ether oxygens (including phenoxy) is 3. The standard InChI is InChI=1S/C36H38F4N4O4.C32H31F4N3O2/c1-35(2,3)48-34(46)44(19-9-12-31(45)43(4)5)20-21-47-27-16-13-25(14-17-27)32(26-15-18-30-28(22-26)33(37)42-41-30)29(23-36(38,39)40)24-10-7-6-8-11-24;1-39(2)29(40)12-8-3-4-9-19-41-25-16-13-23(14-17-25)30(24-15-18-28-26(20-24)31(33)38-37-28)27(21-32(34,35)36)22-10-6-5-7-11-22/h6-18,22H,19-21,23H2,1-5H3,(H,41,42);5-8,10-18,20H,3-4,9,19,21H2,1-2H3,(H,37,38)/b12-9+,32-29+;12-8+,30-27+. The Balaban J connectivity index is 0.000000257. The number of H-pyrrole nitrogens is 2. The van der Waals surface area contributed by atoms with Crippen molar-refractivity contribution in [1.82, 2.24) is 35.1 Å². The topological polar surface area (TPSA) is 146 Å². The first-order valence-corrected chi connectivity index (χ1v) is 28.4. The molecule has 6 aromatic carbocycles. The van der Waals surface area contributed by atoms with Gasteiger partial charge in [0.05, 0.1) is 47.8 Å². The molecule has 0 radical (unpaired) electrons. The molecule has 8 rings (SSSR count). The van der Waals surface area contributed by atoms with Crippen LogP contribution in [0.4, 0.5) is 39.9 Å². The lowest BCUT2D eigenvalue weighted by atomic mass is 9.87. The summed E-state index contributed by atoms with van der Waals surface area (Å²) in [6.07, 6.45) is -3.29. The summed E-state index contributed by atoms with van der Waals surface area (Å²) in [6, 6.07) is 39.5. The average molecular weight is 1230 g/mol. The van der Waals surface area contributed by atoms with Gasteiger partial charge in [-0.25, -0.2) is 4.79 Å². The molecule has 8 aromatic rings. The Morgan fingerprint density at radius 1 is 0.517 bits per heavy atom. The van der Waals surface area contributed by atoms with Crippen molar-refractivity contribution in [3.63, 3.8) is 0 Å². The molecule has 0 saturated heterocycles. The van der Waals surface area contributed by atoms with Gasteiger partial charge < -0.3 is 28.9 Å². The van der Waals surface area contributed by atoms with Gasteiger partial charge in [0.2, 0.25) is 23.7 Å². The third kappa shape index (κ3) is 20.0. The fourth-order valence-corrected chi connectivity index (χ4v) is 9.26. The van der Waals surface area contributed by atoms with Gasteiger partial charge in [-0.1, -0.05) is 109 Å². The number of nitrogens with zero attached hydrogens (tertiary/aromatic N) is 5. The summed E-state index contributed by atoms with van der Waals surface area (Å²) in [6.45, 7) is 5.99. The quantitative estimate of drug-likeness (QED) is 0.0295. The monoisotopic (exact) mass is 1230 g/mol. The third-order valence-corrected chi connectivity index (χ3v) is 13.5. The molecule has 2 aromatic heterocycles. The number of rotatable bonds is 22. The molecule has 468 valence electrons. The molecule has 21 heteroatoms. The molecule has 0 spiro atoms. The van der Waals surface area contributed by atoms with Crippen LogP contribution in [0.15, 0.2) is 170 Å². The van der Waals surface area contributed by atoms with Crippen molar-refractivity contribution in [3.05, 3.63) is 215 Å². The van der Waals surface area contributed by atoms with Crippen LogP contribution < -0.4 is 9.47 Å². The first-order valence-electron chi connectivity index (χ1n) is 28.4. The van der Waals surface area contributed by atoms with Crippen LogP contribution in [0.3, 0.4) is 0 Å². The number of alkyl halides is 6. The zero-order valence-corrected chi connectivity index (χ0v) is 50.2. The second-order valence-electron chi connectivity index (χ2n) is 22.0. The van der Waals surface area contributed by atoms with Crippen LogP contribution in [-0.4, -0.2) is 125 Å². The van der Waals surface area contributed by atoms with Gasteiger partial charge in [-0.2, -0.15) is 45.3 Å². The van der Waals surface area contributed by atoms with Gasteiger partial charge in [-0.15, -0.1) is 0 Å². The molecule has 0 atom stereocenters. The SMILES string of the molecule is CN(C)C(=O)/C=C/CCCCOc1ccc(/C(=C(/CC(F)(F)F)c2ccccc2)c2ccc3n[nH]c(F)c3c2)cc1.CN(C)C(=O)/C=C/CN(CCOc1ccc(/C(=C(/CC(F)(F)F)c2ccccc2)c2ccc3n[nH]c(F)c3c2)cc1)C(=O)OC(C)(C)C. The molecule has 0 aliphatic carbocycles. The number of carbonyl (C=O) groups excluding carboxylic acids is 3. The molecule has 2 N–H and O–H groups in total. The van der Waals surface area contributed by atoms with E-state index in [0.29, 0.717) is 68.1 Å². The van der Waals surface area contributed by atoms with E-state index in [1.165, 1.54) is 32.9 Å². The number of hydrogen-bond donors (Lipinski definition) is 2. The number of unbranched alkanes of at least 4 members (excludes halogenated alkanes) is 2. The largest absolute Gasteiger partial charge is 0.494 e. The second-order valence-corrected chi connectivity index (χ2v) is 22.0. The predicted octanol–water partition coefficient (Wildman–Crippen LogP) is 15.7. The molecule has 0 bridgehead atoms. The van der Waals surface area contributed by atoms with Gasteiger partial charge in [-0.05, 0) is 150 Å². The molecular formula is C68H69F8N7O6. The van der Waals surface area contributed by atoms with Gasteiger partial charge in [0.25, 0.3) is 0 Å². The molecular weight excluding hydrogens is 1160 g/mol. The van der Waals surface area contributed by atoms with Crippen molar-refractivity contribution in [2.45, 2.75) is 70.8 Å². The van der Waals surface area contributed by atoms with Gasteiger partial charge in [0.15, 0.2) is 0 Å². The Kier molecular flexibility index (Phi) is 22.9. The molecule has 0 saturated carbocycles. The van der Waals surface area contributed by atoms with Crippen LogP contribution in [0.2, 0.25) is 0 Å². The highest BCUT2D eigenvalue weighted by molar-refractivity contribution is 6.02. The Morgan fingerprint density at radius 2 is 0.933 bits per heavy atom. The number of allylic oxidation sites excluding steroid dienone is 3. The number of likely N-dealkylation sites (N-methyl/N-ethyl adjacent to an activating group) is 2. The van der Waals surface area contributed by atoms with Crippen LogP contribution >= 0.6 is 0 Å². The first-order chi connectivity index (χ1) is 42.2. The lowest BCUT2D eigenvalue weighted by Gasteiger charge is -2.26. The molecule has 0 aliphatic rings. The van der Waals surface area contributed by atoms with Crippen molar-refractivity contribution in [2.24, 2.45) is 0 Å². The Labute approximate surface area is 510 Å². The summed E-state index contributed by atoms with van der Waals surface area (Å²) in [4.78, 5) is 40.6. The molecule has 2 heterocycles. The molecule has 89 heavy (non-hydrogen) atoms. The lowest BCUT2D eigenvalue weighted by molar-refractivity contribution is -0.124. The van der Waals surface area contributed by atoms with Crippen molar-refractivity contribution < 1.29 is 63.7 Å². The molecule has 3 amide bonds. The summed E-state index contributed by atoms with van der Waals surface area (Å²) in [5.41, 5.74) is 3.34. The van der Waals surface area contributed by atoms with E-state index in [9.17, 15) is 49.5 Å². The van der Waals surface area contributed by atoms with Crippen LogP contribution in [0.25, 0.3) is 44.1 Å². The molecule has 13 nitrogen and oxygen atoms in total. The summed E-state index contributed by atoms with van der Waals surface area (Å²) >= 11 is 0. The fraction of sp³-hybridized carbons (Fsp3) is 0.279. The minimum absolute atomic E-state index is 0.0221. The van der Waals surface area contributed by atoms with E-state index in [0.717, 1.165) is 19.3 Å². The highest BCUT2D eigenvalue weighted by Gasteiger charge is 2.33. The fourth-order valence-electron chi connectivity index (χ4n) is 9.26. The molecule has 0 fully saturated rings. The van der Waals surface area contributed by atoms with Crippen molar-refractivity contribution in [1.29, 1.82) is 0 Å². The molecule has 0 aliphatic heterocycles. The summed E-state index contributed by atoms with van der Waals surface area (Å²) in [5, 5.41) is 12.7. The Morgan fingerprint density at radius 3 is 1.35 bits per heavy atom.